The summed E-state index contributed by atoms with van der Waals surface area (Å²) in [6, 6.07) is 13.0. The second kappa shape index (κ2) is 5.73. The van der Waals surface area contributed by atoms with E-state index in [2.05, 4.69) is 52.9 Å². The van der Waals surface area contributed by atoms with Crippen LogP contribution >= 0.6 is 11.3 Å². The topological polar surface area (TPSA) is 24.9 Å². The molecule has 20 heavy (non-hydrogen) atoms. The first-order valence-electron chi connectivity index (χ1n) is 6.83. The van der Waals surface area contributed by atoms with Crippen molar-refractivity contribution in [1.82, 2.24) is 10.3 Å². The van der Waals surface area contributed by atoms with Crippen LogP contribution in [-0.2, 0) is 6.42 Å². The summed E-state index contributed by atoms with van der Waals surface area (Å²) < 4.78 is 1.36. The van der Waals surface area contributed by atoms with E-state index in [4.69, 9.17) is 0 Å². The lowest BCUT2D eigenvalue weighted by molar-refractivity contribution is 0.574. The number of aryl methyl sites for hydroxylation is 1. The maximum Gasteiger partial charge on any atom is 0.0605 e. The van der Waals surface area contributed by atoms with Crippen molar-refractivity contribution in [2.75, 3.05) is 7.05 Å². The fourth-order valence-corrected chi connectivity index (χ4v) is 3.58. The number of hydrogen-bond acceptors (Lipinski definition) is 3. The Labute approximate surface area is 123 Å². The number of likely N-dealkylation sites (N-methyl/N-ethyl adjacent to an activating group) is 1. The number of nitrogens with zero attached hydrogens (tertiary/aromatic N) is 1. The zero-order chi connectivity index (χ0) is 13.9. The number of benzene rings is 1. The fourth-order valence-electron chi connectivity index (χ4n) is 2.61. The molecule has 0 spiro atoms. The molecule has 0 aliphatic heterocycles. The van der Waals surface area contributed by atoms with E-state index in [1.165, 1.54) is 21.2 Å². The highest BCUT2D eigenvalue weighted by atomic mass is 32.1. The number of rotatable bonds is 4. The molecule has 3 aromatic rings. The van der Waals surface area contributed by atoms with Crippen LogP contribution in [0.2, 0.25) is 0 Å². The Morgan fingerprint density at radius 3 is 2.85 bits per heavy atom. The van der Waals surface area contributed by atoms with Crippen LogP contribution in [0.15, 0.2) is 48.0 Å². The van der Waals surface area contributed by atoms with Crippen molar-refractivity contribution < 1.29 is 0 Å². The fraction of sp³-hybridized carbons (Fsp3) is 0.235. The zero-order valence-corrected chi connectivity index (χ0v) is 12.6. The van der Waals surface area contributed by atoms with Crippen LogP contribution in [0.5, 0.6) is 0 Å². The molecule has 1 aromatic carbocycles. The normalized spacial score (nSPS) is 12.7. The number of nitrogens with one attached hydrogen (secondary N) is 1. The molecule has 0 aliphatic rings. The molecule has 102 valence electrons. The summed E-state index contributed by atoms with van der Waals surface area (Å²) in [5.41, 5.74) is 3.78. The minimum atomic E-state index is 0.259. The summed E-state index contributed by atoms with van der Waals surface area (Å²) in [5, 5.41) is 7.04. The highest BCUT2D eigenvalue weighted by Gasteiger charge is 2.15. The van der Waals surface area contributed by atoms with E-state index in [1.54, 1.807) is 0 Å². The average molecular weight is 282 g/mol. The molecule has 0 saturated carbocycles. The Morgan fingerprint density at radius 2 is 2.05 bits per heavy atom. The van der Waals surface area contributed by atoms with E-state index in [0.717, 1.165) is 12.1 Å². The van der Waals surface area contributed by atoms with Gasteiger partial charge >= 0.3 is 0 Å². The first-order valence-corrected chi connectivity index (χ1v) is 7.71. The molecule has 2 heterocycles. The summed E-state index contributed by atoms with van der Waals surface area (Å²) >= 11 is 1.82. The second-order valence-electron chi connectivity index (χ2n) is 5.01. The molecule has 0 fully saturated rings. The van der Waals surface area contributed by atoms with E-state index in [9.17, 15) is 0 Å². The minimum Gasteiger partial charge on any atom is -0.311 e. The first kappa shape index (κ1) is 13.3. The number of hydrogen-bond donors (Lipinski definition) is 1. The van der Waals surface area contributed by atoms with Crippen LogP contribution in [0.4, 0.5) is 0 Å². The summed E-state index contributed by atoms with van der Waals surface area (Å²) in [5.74, 6) is 0. The Hall–Kier alpha value is -1.71. The average Bonchev–Trinajstić information content (AvgIpc) is 2.89. The maximum absolute atomic E-state index is 4.55. The second-order valence-corrected chi connectivity index (χ2v) is 5.92. The zero-order valence-electron chi connectivity index (χ0n) is 11.8. The van der Waals surface area contributed by atoms with Crippen molar-refractivity contribution in [3.63, 3.8) is 0 Å². The smallest absolute Gasteiger partial charge is 0.0605 e. The summed E-state index contributed by atoms with van der Waals surface area (Å²) in [6.45, 7) is 2.12. The van der Waals surface area contributed by atoms with Gasteiger partial charge in [0, 0.05) is 10.9 Å². The van der Waals surface area contributed by atoms with E-state index < -0.39 is 0 Å². The van der Waals surface area contributed by atoms with Gasteiger partial charge in [-0.1, -0.05) is 24.3 Å². The molecule has 2 aromatic heterocycles. The van der Waals surface area contributed by atoms with Gasteiger partial charge in [0.15, 0.2) is 0 Å². The highest BCUT2D eigenvalue weighted by molar-refractivity contribution is 7.17. The molecule has 1 N–H and O–H groups in total. The monoisotopic (exact) mass is 282 g/mol. The Bertz CT molecular complexity index is 718. The third-order valence-corrected chi connectivity index (χ3v) is 4.73. The van der Waals surface area contributed by atoms with Gasteiger partial charge in [-0.15, -0.1) is 11.3 Å². The lowest BCUT2D eigenvalue weighted by Crippen LogP contribution is -2.20. The summed E-state index contributed by atoms with van der Waals surface area (Å²) in [7, 11) is 2.01. The van der Waals surface area contributed by atoms with Crippen LogP contribution in [0, 0.1) is 6.92 Å². The van der Waals surface area contributed by atoms with Gasteiger partial charge in [-0.25, -0.2) is 0 Å². The molecule has 1 atom stereocenters. The lowest BCUT2D eigenvalue weighted by Gasteiger charge is -2.17. The van der Waals surface area contributed by atoms with Crippen molar-refractivity contribution in [3.8, 4) is 0 Å². The van der Waals surface area contributed by atoms with Gasteiger partial charge in [0.25, 0.3) is 0 Å². The predicted octanol–water partition coefficient (Wildman–Crippen LogP) is 4.11. The number of fused-ring (bicyclic) bond motifs is 1. The van der Waals surface area contributed by atoms with Gasteiger partial charge in [-0.05, 0) is 54.4 Å². The third-order valence-electron chi connectivity index (χ3n) is 3.71. The Kier molecular flexibility index (Phi) is 3.81. The van der Waals surface area contributed by atoms with Gasteiger partial charge in [-0.3, -0.25) is 4.98 Å². The third kappa shape index (κ3) is 2.47. The number of aromatic nitrogens is 1. The van der Waals surface area contributed by atoms with Gasteiger partial charge in [0.1, 0.15) is 0 Å². The molecular weight excluding hydrogens is 264 g/mol. The van der Waals surface area contributed by atoms with E-state index >= 15 is 0 Å². The number of pyridine rings is 1. The van der Waals surface area contributed by atoms with Crippen molar-refractivity contribution in [2.45, 2.75) is 19.4 Å². The minimum absolute atomic E-state index is 0.259. The van der Waals surface area contributed by atoms with E-state index in [1.807, 2.05) is 30.6 Å². The van der Waals surface area contributed by atoms with Gasteiger partial charge < -0.3 is 5.32 Å². The molecule has 0 bridgehead atoms. The van der Waals surface area contributed by atoms with Gasteiger partial charge in [-0.2, -0.15) is 0 Å². The van der Waals surface area contributed by atoms with Crippen LogP contribution < -0.4 is 5.32 Å². The van der Waals surface area contributed by atoms with Crippen molar-refractivity contribution in [2.24, 2.45) is 0 Å². The van der Waals surface area contributed by atoms with Crippen LogP contribution in [0.3, 0.4) is 0 Å². The van der Waals surface area contributed by atoms with Crippen molar-refractivity contribution in [3.05, 3.63) is 64.8 Å². The molecular formula is C17H18N2S. The quantitative estimate of drug-likeness (QED) is 0.779. The number of thiophene rings is 1. The highest BCUT2D eigenvalue weighted by Crippen LogP contribution is 2.29. The van der Waals surface area contributed by atoms with Gasteiger partial charge in [0.05, 0.1) is 11.7 Å². The molecule has 2 nitrogen and oxygen atoms in total. The van der Waals surface area contributed by atoms with Crippen LogP contribution in [0.1, 0.15) is 22.9 Å². The molecule has 0 aliphatic carbocycles. The van der Waals surface area contributed by atoms with E-state index in [0.29, 0.717) is 0 Å². The molecule has 3 rings (SSSR count). The maximum atomic E-state index is 4.55. The predicted molar refractivity (Wildman–Crippen MR) is 86.3 cm³/mol. The first-order chi connectivity index (χ1) is 9.79. The van der Waals surface area contributed by atoms with E-state index in [-0.39, 0.29) is 6.04 Å². The Balaban J connectivity index is 1.94. The molecule has 0 radical (unpaired) electrons. The SMILES string of the molecule is CNC(Cc1csc2ccccc12)c1ncccc1C. The summed E-state index contributed by atoms with van der Waals surface area (Å²) in [4.78, 5) is 4.55. The van der Waals surface area contributed by atoms with Gasteiger partial charge in [0.2, 0.25) is 0 Å². The standard InChI is InChI=1S/C17H18N2S/c1-12-6-5-9-19-17(12)15(18-2)10-13-11-20-16-8-4-3-7-14(13)16/h3-9,11,15,18H,10H2,1-2H3. The molecule has 0 amide bonds. The van der Waals surface area contributed by atoms with Crippen LogP contribution in [0.25, 0.3) is 10.1 Å². The largest absolute Gasteiger partial charge is 0.311 e. The molecule has 0 saturated heterocycles. The summed E-state index contributed by atoms with van der Waals surface area (Å²) in [6.07, 6.45) is 2.84. The van der Waals surface area contributed by atoms with Crippen molar-refractivity contribution >= 4 is 21.4 Å². The van der Waals surface area contributed by atoms with Crippen molar-refractivity contribution in [1.29, 1.82) is 0 Å². The lowest BCUT2D eigenvalue weighted by atomic mass is 10.00. The molecule has 1 unspecified atom stereocenters. The van der Waals surface area contributed by atoms with Crippen LogP contribution in [-0.4, -0.2) is 12.0 Å². The Morgan fingerprint density at radius 1 is 1.20 bits per heavy atom. The molecule has 3 heteroatoms.